The van der Waals surface area contributed by atoms with Crippen LogP contribution in [0.3, 0.4) is 0 Å². The first kappa shape index (κ1) is 33.6. The van der Waals surface area contributed by atoms with E-state index < -0.39 is 0 Å². The number of nitrogens with zero attached hydrogens (tertiary/aromatic N) is 2. The zero-order valence-electron chi connectivity index (χ0n) is 26.4. The van der Waals surface area contributed by atoms with E-state index in [0.29, 0.717) is 36.8 Å². The Hall–Kier alpha value is -3.88. The fourth-order valence-electron chi connectivity index (χ4n) is 4.26. The number of allylic oxidation sites excluding steroid dienone is 3. The summed E-state index contributed by atoms with van der Waals surface area (Å²) in [7, 11) is 2.14. The van der Waals surface area contributed by atoms with Crippen molar-refractivity contribution >= 4 is 17.8 Å². The summed E-state index contributed by atoms with van der Waals surface area (Å²) in [6, 6.07) is 12.6. The number of nitrogens with one attached hydrogen (secondary N) is 1. The van der Waals surface area contributed by atoms with Crippen LogP contribution in [0.15, 0.2) is 71.8 Å². The molecule has 2 aromatic carbocycles. The van der Waals surface area contributed by atoms with Crippen molar-refractivity contribution in [1.29, 1.82) is 0 Å². The van der Waals surface area contributed by atoms with Gasteiger partial charge in [0.1, 0.15) is 30.5 Å². The molecule has 0 saturated carbocycles. The maximum Gasteiger partial charge on any atom is 0.257 e. The standard InChI is InChI=1S/C35H47N3O5/c1-27(2)15-23-41-30-10-7-29(8-11-30)9-14-33(39)32-13-12-31(42-24-16-28(3)4)25-34(32)43-26-35(40)36-17-6-18-38-21-19-37(5)20-22-38/h7-16,25H,6,17-24,26H2,1-5H3,(H,36,40)/b14-9+. The van der Waals surface area contributed by atoms with Crippen molar-refractivity contribution in [1.82, 2.24) is 15.1 Å². The predicted octanol–water partition coefficient (Wildman–Crippen LogP) is 5.41. The molecule has 0 atom stereocenters. The van der Waals surface area contributed by atoms with Crippen LogP contribution in [0, 0.1) is 0 Å². The molecule has 1 aliphatic rings. The van der Waals surface area contributed by atoms with Crippen LogP contribution in [0.5, 0.6) is 17.2 Å². The summed E-state index contributed by atoms with van der Waals surface area (Å²) in [6.07, 6.45) is 8.11. The van der Waals surface area contributed by atoms with Crippen molar-refractivity contribution in [2.75, 3.05) is 66.1 Å². The fourth-order valence-corrected chi connectivity index (χ4v) is 4.26. The molecule has 0 unspecified atom stereocenters. The Bertz CT molecular complexity index is 1270. The molecule has 2 aromatic rings. The van der Waals surface area contributed by atoms with Crippen molar-refractivity contribution in [2.24, 2.45) is 0 Å². The van der Waals surface area contributed by atoms with Gasteiger partial charge in [-0.05, 0) is 95.8 Å². The van der Waals surface area contributed by atoms with E-state index in [0.717, 1.165) is 56.0 Å². The zero-order chi connectivity index (χ0) is 31.0. The van der Waals surface area contributed by atoms with Gasteiger partial charge in [-0.25, -0.2) is 0 Å². The maximum absolute atomic E-state index is 13.2. The van der Waals surface area contributed by atoms with E-state index in [1.54, 1.807) is 24.3 Å². The van der Waals surface area contributed by atoms with Gasteiger partial charge >= 0.3 is 0 Å². The number of benzene rings is 2. The smallest absolute Gasteiger partial charge is 0.257 e. The van der Waals surface area contributed by atoms with E-state index in [1.807, 2.05) is 64.1 Å². The number of hydrogen-bond donors (Lipinski definition) is 1. The molecule has 0 aliphatic carbocycles. The van der Waals surface area contributed by atoms with Crippen LogP contribution >= 0.6 is 0 Å². The minimum absolute atomic E-state index is 0.190. The van der Waals surface area contributed by atoms with Crippen molar-refractivity contribution < 1.29 is 23.8 Å². The summed E-state index contributed by atoms with van der Waals surface area (Å²) in [5.74, 6) is 1.17. The number of carbonyl (C=O) groups is 2. The first-order valence-electron chi connectivity index (χ1n) is 15.0. The molecule has 0 spiro atoms. The van der Waals surface area contributed by atoms with E-state index in [4.69, 9.17) is 14.2 Å². The largest absolute Gasteiger partial charge is 0.490 e. The first-order valence-corrected chi connectivity index (χ1v) is 15.0. The highest BCUT2D eigenvalue weighted by Crippen LogP contribution is 2.26. The summed E-state index contributed by atoms with van der Waals surface area (Å²) in [6.45, 7) is 14.6. The minimum Gasteiger partial charge on any atom is -0.490 e. The Balaban J connectivity index is 1.59. The minimum atomic E-state index is -0.234. The molecule has 43 heavy (non-hydrogen) atoms. The molecular formula is C35H47N3O5. The van der Waals surface area contributed by atoms with Gasteiger partial charge < -0.3 is 29.3 Å². The predicted molar refractivity (Wildman–Crippen MR) is 173 cm³/mol. The normalized spacial score (nSPS) is 13.8. The SMILES string of the molecule is CC(C)=CCOc1ccc(/C=C/C(=O)c2ccc(OCC=C(C)C)cc2OCC(=O)NCCCN2CCN(C)CC2)cc1. The van der Waals surface area contributed by atoms with Gasteiger partial charge in [-0.1, -0.05) is 29.4 Å². The van der Waals surface area contributed by atoms with Crippen LogP contribution in [0.4, 0.5) is 0 Å². The Labute approximate surface area is 257 Å². The highest BCUT2D eigenvalue weighted by molar-refractivity contribution is 6.08. The summed E-state index contributed by atoms with van der Waals surface area (Å²) in [4.78, 5) is 30.5. The zero-order valence-corrected chi connectivity index (χ0v) is 26.4. The summed E-state index contributed by atoms with van der Waals surface area (Å²) >= 11 is 0. The molecule has 1 saturated heterocycles. The van der Waals surface area contributed by atoms with E-state index in [-0.39, 0.29) is 18.3 Å². The summed E-state index contributed by atoms with van der Waals surface area (Å²) < 4.78 is 17.4. The Morgan fingerprint density at radius 2 is 1.47 bits per heavy atom. The van der Waals surface area contributed by atoms with Gasteiger partial charge in [0, 0.05) is 38.8 Å². The average Bonchev–Trinajstić information content (AvgIpc) is 2.98. The number of carbonyl (C=O) groups excluding carboxylic acids is 2. The number of rotatable bonds is 16. The molecule has 0 radical (unpaired) electrons. The first-order chi connectivity index (χ1) is 20.7. The lowest BCUT2D eigenvalue weighted by atomic mass is 10.1. The van der Waals surface area contributed by atoms with Crippen molar-refractivity contribution in [3.63, 3.8) is 0 Å². The average molecular weight is 590 g/mol. The summed E-state index contributed by atoms with van der Waals surface area (Å²) in [5, 5.41) is 2.93. The number of ether oxygens (including phenoxy) is 3. The molecule has 1 fully saturated rings. The molecule has 232 valence electrons. The second kappa shape index (κ2) is 17.9. The van der Waals surface area contributed by atoms with E-state index in [1.165, 1.54) is 11.6 Å². The van der Waals surface area contributed by atoms with Gasteiger partial charge in [0.15, 0.2) is 12.4 Å². The number of ketones is 1. The monoisotopic (exact) mass is 589 g/mol. The number of piperazine rings is 1. The number of likely N-dealkylation sites (N-methyl/N-ethyl adjacent to an activating group) is 1. The molecule has 8 nitrogen and oxygen atoms in total. The Kier molecular flexibility index (Phi) is 14.0. The van der Waals surface area contributed by atoms with Gasteiger partial charge in [0.2, 0.25) is 0 Å². The second-order valence-electron chi connectivity index (χ2n) is 11.2. The number of amides is 1. The maximum atomic E-state index is 13.2. The van der Waals surface area contributed by atoms with Crippen LogP contribution in [0.1, 0.15) is 50.0 Å². The van der Waals surface area contributed by atoms with Crippen molar-refractivity contribution in [2.45, 2.75) is 34.1 Å². The molecule has 1 aliphatic heterocycles. The van der Waals surface area contributed by atoms with E-state index in [2.05, 4.69) is 22.2 Å². The lowest BCUT2D eigenvalue weighted by Crippen LogP contribution is -2.45. The Morgan fingerprint density at radius 3 is 2.12 bits per heavy atom. The molecule has 8 heteroatoms. The van der Waals surface area contributed by atoms with E-state index >= 15 is 0 Å². The number of hydrogen-bond acceptors (Lipinski definition) is 7. The Morgan fingerprint density at radius 1 is 0.837 bits per heavy atom. The highest BCUT2D eigenvalue weighted by Gasteiger charge is 2.15. The fraction of sp³-hybridized carbons (Fsp3) is 0.429. The molecule has 0 bridgehead atoms. The summed E-state index contributed by atoms with van der Waals surface area (Å²) in [5.41, 5.74) is 3.56. The third-order valence-electron chi connectivity index (χ3n) is 6.94. The van der Waals surface area contributed by atoms with Crippen molar-refractivity contribution in [3.05, 3.63) is 83.0 Å². The lowest BCUT2D eigenvalue weighted by molar-refractivity contribution is -0.123. The molecule has 0 aromatic heterocycles. The molecular weight excluding hydrogens is 542 g/mol. The quantitative estimate of drug-likeness (QED) is 0.121. The van der Waals surface area contributed by atoms with Gasteiger partial charge in [-0.15, -0.1) is 0 Å². The molecule has 1 amide bonds. The van der Waals surface area contributed by atoms with Crippen LogP contribution in [-0.2, 0) is 4.79 Å². The van der Waals surface area contributed by atoms with Gasteiger partial charge in [0.05, 0.1) is 5.56 Å². The van der Waals surface area contributed by atoms with Crippen LogP contribution < -0.4 is 19.5 Å². The van der Waals surface area contributed by atoms with Crippen LogP contribution in [0.25, 0.3) is 6.08 Å². The van der Waals surface area contributed by atoms with Crippen LogP contribution in [-0.4, -0.2) is 87.6 Å². The third kappa shape index (κ3) is 12.9. The third-order valence-corrected chi connectivity index (χ3v) is 6.94. The van der Waals surface area contributed by atoms with Crippen molar-refractivity contribution in [3.8, 4) is 17.2 Å². The van der Waals surface area contributed by atoms with Gasteiger partial charge in [-0.3, -0.25) is 9.59 Å². The molecule has 1 heterocycles. The highest BCUT2D eigenvalue weighted by atomic mass is 16.5. The lowest BCUT2D eigenvalue weighted by Gasteiger charge is -2.32. The molecule has 3 rings (SSSR count). The molecule has 1 N–H and O–H groups in total. The topological polar surface area (TPSA) is 80.3 Å². The van der Waals surface area contributed by atoms with Gasteiger partial charge in [-0.2, -0.15) is 0 Å². The van der Waals surface area contributed by atoms with E-state index in [9.17, 15) is 9.59 Å². The van der Waals surface area contributed by atoms with Crippen LogP contribution in [0.2, 0.25) is 0 Å². The second-order valence-corrected chi connectivity index (χ2v) is 11.2. The van der Waals surface area contributed by atoms with Gasteiger partial charge in [0.25, 0.3) is 5.91 Å².